The summed E-state index contributed by atoms with van der Waals surface area (Å²) in [4.78, 5) is 12.7. The van der Waals surface area contributed by atoms with Crippen LogP contribution in [0.2, 0.25) is 0 Å². The maximum absolute atomic E-state index is 12.7. The van der Waals surface area contributed by atoms with Gasteiger partial charge in [0.2, 0.25) is 0 Å². The molecule has 7 heteroatoms. The van der Waals surface area contributed by atoms with Gasteiger partial charge in [0, 0.05) is 0 Å². The quantitative estimate of drug-likeness (QED) is 0.657. The zero-order chi connectivity index (χ0) is 19.4. The Hall–Kier alpha value is -2.90. The average Bonchev–Trinajstić information content (AvgIpc) is 3.16. The number of nitrogens with one attached hydrogen (secondary N) is 1. The van der Waals surface area contributed by atoms with Gasteiger partial charge in [0.1, 0.15) is 5.76 Å². The van der Waals surface area contributed by atoms with Crippen molar-refractivity contribution in [2.75, 3.05) is 4.31 Å². The van der Waals surface area contributed by atoms with Crippen LogP contribution in [-0.2, 0) is 17.8 Å². The van der Waals surface area contributed by atoms with Crippen LogP contribution in [0.15, 0.2) is 65.3 Å². The normalized spacial score (nSPS) is 11.8. The summed E-state index contributed by atoms with van der Waals surface area (Å²) in [5.74, 6) is 0.223. The fraction of sp³-hybridized carbons (Fsp3) is 0.150. The molecule has 1 unspecified atom stereocenters. The third-order valence-electron chi connectivity index (χ3n) is 4.24. The molecule has 1 N–H and O–H groups in total. The van der Waals surface area contributed by atoms with Gasteiger partial charge >= 0.3 is 0 Å². The highest BCUT2D eigenvalue weighted by Crippen LogP contribution is 2.31. The Morgan fingerprint density at radius 3 is 2.56 bits per heavy atom. The highest BCUT2D eigenvalue weighted by molar-refractivity contribution is 7.81. The molecule has 0 aliphatic carbocycles. The van der Waals surface area contributed by atoms with Crippen LogP contribution in [0.25, 0.3) is 0 Å². The van der Waals surface area contributed by atoms with Crippen LogP contribution in [0.3, 0.4) is 0 Å². The first-order valence-electron chi connectivity index (χ1n) is 8.33. The molecule has 0 saturated heterocycles. The van der Waals surface area contributed by atoms with Crippen molar-refractivity contribution in [2.24, 2.45) is 0 Å². The van der Waals surface area contributed by atoms with E-state index in [0.29, 0.717) is 11.4 Å². The summed E-state index contributed by atoms with van der Waals surface area (Å²) in [5.41, 5.74) is 3.03. The SMILES string of the molecule is Cc1ccc(N(c2ccccc2C(=O)NCc2ccco2)S(=O)[O-])cc1C. The third-order valence-corrected chi connectivity index (χ3v) is 4.95. The van der Waals surface area contributed by atoms with E-state index >= 15 is 0 Å². The van der Waals surface area contributed by atoms with Gasteiger partial charge in [-0.1, -0.05) is 18.2 Å². The second kappa shape index (κ2) is 8.20. The minimum atomic E-state index is -2.60. The zero-order valence-electron chi connectivity index (χ0n) is 15.0. The minimum Gasteiger partial charge on any atom is -0.755 e. The Labute approximate surface area is 160 Å². The Morgan fingerprint density at radius 1 is 1.11 bits per heavy atom. The largest absolute Gasteiger partial charge is 0.755 e. The van der Waals surface area contributed by atoms with Gasteiger partial charge < -0.3 is 14.3 Å². The van der Waals surface area contributed by atoms with Gasteiger partial charge in [-0.15, -0.1) is 0 Å². The number of hydrogen-bond donors (Lipinski definition) is 1. The van der Waals surface area contributed by atoms with Crippen LogP contribution in [0, 0.1) is 13.8 Å². The topological polar surface area (TPSA) is 85.6 Å². The molecule has 1 atom stereocenters. The number of furan rings is 1. The Bertz CT molecular complexity index is 970. The first kappa shape index (κ1) is 18.9. The molecule has 27 heavy (non-hydrogen) atoms. The number of anilines is 2. The molecule has 0 aliphatic rings. The standard InChI is InChI=1S/C20H20N2O4S/c1-14-9-10-16(12-15(14)2)22(27(24)25)19-8-4-3-7-18(19)20(23)21-13-17-6-5-11-26-17/h3-12H,13H2,1-2H3,(H,21,23)(H,24,25)/p-1. The fourth-order valence-corrected chi connectivity index (χ4v) is 3.28. The molecular formula is C20H19N2O4S-. The fourth-order valence-electron chi connectivity index (χ4n) is 2.68. The highest BCUT2D eigenvalue weighted by Gasteiger charge is 2.19. The molecule has 140 valence electrons. The highest BCUT2D eigenvalue weighted by atomic mass is 32.2. The number of carbonyl (C=O) groups is 1. The van der Waals surface area contributed by atoms with Crippen LogP contribution in [0.1, 0.15) is 27.2 Å². The van der Waals surface area contributed by atoms with Gasteiger partial charge in [-0.25, -0.2) is 0 Å². The predicted octanol–water partition coefficient (Wildman–Crippen LogP) is 3.76. The lowest BCUT2D eigenvalue weighted by Gasteiger charge is -2.28. The monoisotopic (exact) mass is 383 g/mol. The number of para-hydroxylation sites is 1. The molecule has 1 amide bonds. The summed E-state index contributed by atoms with van der Waals surface area (Å²) >= 11 is -2.60. The third kappa shape index (κ3) is 4.27. The van der Waals surface area contributed by atoms with E-state index in [0.717, 1.165) is 15.4 Å². The van der Waals surface area contributed by atoms with Crippen LogP contribution in [-0.4, -0.2) is 14.7 Å². The summed E-state index contributed by atoms with van der Waals surface area (Å²) < 4.78 is 30.3. The number of amides is 1. The first-order chi connectivity index (χ1) is 13.0. The lowest BCUT2D eigenvalue weighted by atomic mass is 10.1. The first-order valence-corrected chi connectivity index (χ1v) is 9.37. The molecule has 0 aliphatic heterocycles. The van der Waals surface area contributed by atoms with E-state index in [4.69, 9.17) is 4.42 Å². The smallest absolute Gasteiger partial charge is 0.253 e. The summed E-state index contributed by atoms with van der Waals surface area (Å²) in [6, 6.07) is 15.4. The van der Waals surface area contributed by atoms with E-state index < -0.39 is 11.3 Å². The van der Waals surface area contributed by atoms with Crippen LogP contribution >= 0.6 is 0 Å². The van der Waals surface area contributed by atoms with E-state index in [1.54, 1.807) is 48.5 Å². The summed E-state index contributed by atoms with van der Waals surface area (Å²) in [5, 5.41) is 2.75. The van der Waals surface area contributed by atoms with Crippen molar-refractivity contribution < 1.29 is 18.0 Å². The van der Waals surface area contributed by atoms with Gasteiger partial charge in [0.25, 0.3) is 5.91 Å². The lowest BCUT2D eigenvalue weighted by molar-refractivity contribution is 0.0949. The van der Waals surface area contributed by atoms with Gasteiger partial charge in [-0.05, 0) is 61.4 Å². The molecule has 3 rings (SSSR count). The molecule has 0 spiro atoms. The van der Waals surface area contributed by atoms with E-state index in [9.17, 15) is 13.6 Å². The molecule has 0 bridgehead atoms. The predicted molar refractivity (Wildman–Crippen MR) is 103 cm³/mol. The number of aryl methyl sites for hydroxylation is 2. The number of rotatable bonds is 6. The Kier molecular flexibility index (Phi) is 5.73. The molecule has 0 fully saturated rings. The Balaban J connectivity index is 1.95. The minimum absolute atomic E-state index is 0.213. The van der Waals surface area contributed by atoms with Crippen molar-refractivity contribution >= 4 is 28.5 Å². The lowest BCUT2D eigenvalue weighted by Crippen LogP contribution is -2.27. The molecule has 2 aromatic carbocycles. The van der Waals surface area contributed by atoms with Crippen molar-refractivity contribution in [1.29, 1.82) is 0 Å². The summed E-state index contributed by atoms with van der Waals surface area (Å²) in [7, 11) is 0. The van der Waals surface area contributed by atoms with Crippen molar-refractivity contribution in [3.05, 3.63) is 83.3 Å². The van der Waals surface area contributed by atoms with Crippen LogP contribution in [0.5, 0.6) is 0 Å². The van der Waals surface area contributed by atoms with Crippen molar-refractivity contribution in [3.63, 3.8) is 0 Å². The van der Waals surface area contributed by atoms with Crippen LogP contribution < -0.4 is 9.62 Å². The van der Waals surface area contributed by atoms with Crippen molar-refractivity contribution in [3.8, 4) is 0 Å². The second-order valence-corrected chi connectivity index (χ2v) is 6.86. The molecule has 1 aromatic heterocycles. The summed E-state index contributed by atoms with van der Waals surface area (Å²) in [6.07, 6.45) is 1.53. The molecule has 1 heterocycles. The van der Waals surface area contributed by atoms with Gasteiger partial charge in [0.15, 0.2) is 0 Å². The van der Waals surface area contributed by atoms with E-state index in [-0.39, 0.29) is 23.7 Å². The van der Waals surface area contributed by atoms with Crippen molar-refractivity contribution in [2.45, 2.75) is 20.4 Å². The second-order valence-electron chi connectivity index (χ2n) is 6.06. The van der Waals surface area contributed by atoms with Gasteiger partial charge in [0.05, 0.1) is 41.0 Å². The Morgan fingerprint density at radius 2 is 1.89 bits per heavy atom. The average molecular weight is 383 g/mol. The summed E-state index contributed by atoms with van der Waals surface area (Å²) in [6.45, 7) is 4.07. The number of nitrogens with zero attached hydrogens (tertiary/aromatic N) is 1. The molecule has 0 radical (unpaired) electrons. The number of benzene rings is 2. The molecule has 6 nitrogen and oxygen atoms in total. The number of hydrogen-bond acceptors (Lipinski definition) is 4. The maximum Gasteiger partial charge on any atom is 0.253 e. The van der Waals surface area contributed by atoms with E-state index in [1.165, 1.54) is 6.26 Å². The zero-order valence-corrected chi connectivity index (χ0v) is 15.8. The molecule has 3 aromatic rings. The van der Waals surface area contributed by atoms with E-state index in [2.05, 4.69) is 5.32 Å². The molecule has 0 saturated carbocycles. The maximum atomic E-state index is 12.7. The van der Waals surface area contributed by atoms with Crippen molar-refractivity contribution in [1.82, 2.24) is 5.32 Å². The van der Waals surface area contributed by atoms with Gasteiger partial charge in [-0.2, -0.15) is 0 Å². The molecular weight excluding hydrogens is 364 g/mol. The van der Waals surface area contributed by atoms with Crippen LogP contribution in [0.4, 0.5) is 11.4 Å². The van der Waals surface area contributed by atoms with Gasteiger partial charge in [-0.3, -0.25) is 13.3 Å². The van der Waals surface area contributed by atoms with E-state index in [1.807, 2.05) is 19.9 Å². The number of carbonyl (C=O) groups excluding carboxylic acids is 1.